The lowest BCUT2D eigenvalue weighted by Gasteiger charge is -2.25. The van der Waals surface area contributed by atoms with E-state index >= 15 is 0 Å². The van der Waals surface area contributed by atoms with Crippen LogP contribution in [-0.4, -0.2) is 48.4 Å². The Morgan fingerprint density at radius 2 is 1.78 bits per heavy atom. The Morgan fingerprint density at radius 1 is 1.08 bits per heavy atom. The molecule has 0 radical (unpaired) electrons. The first-order valence-electron chi connectivity index (χ1n) is 12.5. The van der Waals surface area contributed by atoms with Crippen molar-refractivity contribution in [2.24, 2.45) is 0 Å². The second kappa shape index (κ2) is 11.6. The van der Waals surface area contributed by atoms with E-state index in [0.29, 0.717) is 22.9 Å². The molecule has 0 aliphatic carbocycles. The molecule has 1 aliphatic rings. The number of aromatic nitrogens is 1. The maximum absolute atomic E-state index is 12.8. The van der Waals surface area contributed by atoms with E-state index in [0.717, 1.165) is 35.8 Å². The highest BCUT2D eigenvalue weighted by molar-refractivity contribution is 7.18. The van der Waals surface area contributed by atoms with E-state index < -0.39 is 17.7 Å². The molecule has 2 heterocycles. The Kier molecular flexibility index (Phi) is 8.33. The molecule has 1 amide bonds. The van der Waals surface area contributed by atoms with Crippen LogP contribution in [0.3, 0.4) is 0 Å². The molecule has 9 heteroatoms. The highest BCUT2D eigenvalue weighted by atomic mass is 32.1. The largest absolute Gasteiger partial charge is 0.462 e. The molecule has 37 heavy (non-hydrogen) atoms. The summed E-state index contributed by atoms with van der Waals surface area (Å²) in [5, 5.41) is 3.60. The number of rotatable bonds is 8. The molecule has 1 N–H and O–H groups in total. The van der Waals surface area contributed by atoms with E-state index in [1.54, 1.807) is 6.92 Å². The lowest BCUT2D eigenvalue weighted by molar-refractivity contribution is 0.0517. The van der Waals surface area contributed by atoms with Crippen LogP contribution >= 0.6 is 11.3 Å². The fourth-order valence-electron chi connectivity index (χ4n) is 4.08. The lowest BCUT2D eigenvalue weighted by atomic mass is 10.1. The fourth-order valence-corrected chi connectivity index (χ4v) is 5.16. The SMILES string of the molecule is CCOC(=O)c1sc(N2CCCC2CNC(=O)OC(C)(C)C)nc1-c1ccc(Oc2ccccc2)cc1. The van der Waals surface area contributed by atoms with E-state index in [2.05, 4.69) is 10.2 Å². The average Bonchev–Trinajstić information content (AvgIpc) is 3.50. The molecule has 3 aromatic rings. The van der Waals surface area contributed by atoms with Gasteiger partial charge < -0.3 is 24.4 Å². The zero-order valence-electron chi connectivity index (χ0n) is 21.7. The van der Waals surface area contributed by atoms with Gasteiger partial charge in [0.05, 0.1) is 12.3 Å². The van der Waals surface area contributed by atoms with Gasteiger partial charge >= 0.3 is 12.1 Å². The van der Waals surface area contributed by atoms with Gasteiger partial charge in [0.15, 0.2) is 5.13 Å². The van der Waals surface area contributed by atoms with E-state index in [-0.39, 0.29) is 12.6 Å². The van der Waals surface area contributed by atoms with Crippen molar-refractivity contribution in [2.75, 3.05) is 24.6 Å². The van der Waals surface area contributed by atoms with Crippen LogP contribution < -0.4 is 15.0 Å². The normalized spacial score (nSPS) is 15.4. The van der Waals surface area contributed by atoms with E-state index in [1.165, 1.54) is 11.3 Å². The highest BCUT2D eigenvalue weighted by Gasteiger charge is 2.31. The Labute approximate surface area is 221 Å². The van der Waals surface area contributed by atoms with Gasteiger partial charge in [-0.2, -0.15) is 0 Å². The molecule has 8 nitrogen and oxygen atoms in total. The number of hydrogen-bond donors (Lipinski definition) is 1. The number of alkyl carbamates (subject to hydrolysis) is 1. The van der Waals surface area contributed by atoms with Crippen molar-refractivity contribution >= 4 is 28.5 Å². The Hall–Kier alpha value is -3.59. The van der Waals surface area contributed by atoms with Crippen LogP contribution in [-0.2, 0) is 9.47 Å². The molecular weight excluding hydrogens is 490 g/mol. The lowest BCUT2D eigenvalue weighted by Crippen LogP contribution is -2.42. The Morgan fingerprint density at radius 3 is 2.46 bits per heavy atom. The van der Waals surface area contributed by atoms with Gasteiger partial charge in [0.1, 0.15) is 22.0 Å². The van der Waals surface area contributed by atoms with Crippen LogP contribution in [0.15, 0.2) is 54.6 Å². The second-order valence-corrected chi connectivity index (χ2v) is 10.7. The Bertz CT molecular complexity index is 1200. The van der Waals surface area contributed by atoms with Gasteiger partial charge in [-0.25, -0.2) is 14.6 Å². The molecule has 0 bridgehead atoms. The zero-order chi connectivity index (χ0) is 26.4. The molecule has 1 atom stereocenters. The summed E-state index contributed by atoms with van der Waals surface area (Å²) in [4.78, 5) is 32.5. The summed E-state index contributed by atoms with van der Waals surface area (Å²) in [5.41, 5.74) is 0.823. The average molecular weight is 524 g/mol. The number of carbonyl (C=O) groups excluding carboxylic acids is 2. The fraction of sp³-hybridized carbons (Fsp3) is 0.393. The second-order valence-electron chi connectivity index (χ2n) is 9.71. The third kappa shape index (κ3) is 7.01. The first-order valence-corrected chi connectivity index (χ1v) is 13.3. The highest BCUT2D eigenvalue weighted by Crippen LogP contribution is 2.37. The van der Waals surface area contributed by atoms with Gasteiger partial charge in [0, 0.05) is 24.7 Å². The number of nitrogens with one attached hydrogen (secondary N) is 1. The van der Waals surface area contributed by atoms with Gasteiger partial charge in [0.25, 0.3) is 0 Å². The summed E-state index contributed by atoms with van der Waals surface area (Å²) in [6, 6.07) is 17.1. The molecule has 1 unspecified atom stereocenters. The number of amides is 1. The van der Waals surface area contributed by atoms with Crippen molar-refractivity contribution in [3.63, 3.8) is 0 Å². The molecule has 1 fully saturated rings. The first-order chi connectivity index (χ1) is 17.7. The maximum atomic E-state index is 12.8. The minimum atomic E-state index is -0.556. The third-order valence-corrected chi connectivity index (χ3v) is 6.76. The van der Waals surface area contributed by atoms with E-state index in [9.17, 15) is 9.59 Å². The topological polar surface area (TPSA) is 90.0 Å². The van der Waals surface area contributed by atoms with Crippen molar-refractivity contribution in [3.05, 3.63) is 59.5 Å². The molecule has 1 aromatic heterocycles. The van der Waals surface area contributed by atoms with Crippen molar-refractivity contribution in [1.29, 1.82) is 0 Å². The monoisotopic (exact) mass is 523 g/mol. The van der Waals surface area contributed by atoms with E-state index in [4.69, 9.17) is 19.2 Å². The van der Waals surface area contributed by atoms with Gasteiger partial charge in [0.2, 0.25) is 0 Å². The van der Waals surface area contributed by atoms with E-state index in [1.807, 2.05) is 75.4 Å². The van der Waals surface area contributed by atoms with Crippen molar-refractivity contribution in [3.8, 4) is 22.8 Å². The number of nitrogens with zero attached hydrogens (tertiary/aromatic N) is 2. The summed E-state index contributed by atoms with van der Waals surface area (Å²) in [6.45, 7) is 8.80. The molecule has 4 rings (SSSR count). The predicted molar refractivity (Wildman–Crippen MR) is 145 cm³/mol. The predicted octanol–water partition coefficient (Wildman–Crippen LogP) is 6.27. The number of hydrogen-bond acceptors (Lipinski definition) is 8. The summed E-state index contributed by atoms with van der Waals surface area (Å²) in [7, 11) is 0. The number of ether oxygens (including phenoxy) is 3. The number of thiazole rings is 1. The van der Waals surface area contributed by atoms with Crippen LogP contribution in [0.2, 0.25) is 0 Å². The number of esters is 1. The summed E-state index contributed by atoms with van der Waals surface area (Å²) in [6.07, 6.45) is 1.44. The van der Waals surface area contributed by atoms with Crippen molar-refractivity contribution in [1.82, 2.24) is 10.3 Å². The number of para-hydroxylation sites is 1. The summed E-state index contributed by atoms with van der Waals surface area (Å²) < 4.78 is 16.6. The van der Waals surface area contributed by atoms with Gasteiger partial charge in [-0.15, -0.1) is 0 Å². The van der Waals surface area contributed by atoms with Crippen molar-refractivity contribution < 1.29 is 23.8 Å². The summed E-state index contributed by atoms with van der Waals surface area (Å²) >= 11 is 1.32. The minimum Gasteiger partial charge on any atom is -0.462 e. The van der Waals surface area contributed by atoms with Gasteiger partial charge in [-0.3, -0.25) is 0 Å². The molecule has 1 saturated heterocycles. The Balaban J connectivity index is 1.54. The summed E-state index contributed by atoms with van der Waals surface area (Å²) in [5.74, 6) is 1.04. The van der Waals surface area contributed by atoms with Crippen LogP contribution in [0.4, 0.5) is 9.93 Å². The minimum absolute atomic E-state index is 0.0585. The third-order valence-electron chi connectivity index (χ3n) is 5.69. The van der Waals surface area contributed by atoms with Crippen LogP contribution in [0, 0.1) is 0 Å². The molecule has 0 spiro atoms. The first kappa shape index (κ1) is 26.5. The molecule has 2 aromatic carbocycles. The van der Waals surface area contributed by atoms with Crippen LogP contribution in [0.25, 0.3) is 11.3 Å². The van der Waals surface area contributed by atoms with Crippen LogP contribution in [0.1, 0.15) is 50.2 Å². The molecule has 0 saturated carbocycles. The standard InChI is InChI=1S/C28H33N3O5S/c1-5-34-25(32)24-23(19-13-15-22(16-14-19)35-21-11-7-6-8-12-21)30-26(37-24)31-17-9-10-20(31)18-29-27(33)36-28(2,3)4/h6-8,11-16,20H,5,9-10,17-18H2,1-4H3,(H,29,33). The van der Waals surface area contributed by atoms with Crippen LogP contribution in [0.5, 0.6) is 11.5 Å². The number of benzene rings is 2. The molecular formula is C28H33N3O5S. The van der Waals surface area contributed by atoms with Gasteiger partial charge in [-0.1, -0.05) is 29.5 Å². The molecule has 1 aliphatic heterocycles. The number of carbonyl (C=O) groups is 2. The zero-order valence-corrected chi connectivity index (χ0v) is 22.5. The quantitative estimate of drug-likeness (QED) is 0.348. The maximum Gasteiger partial charge on any atom is 0.407 e. The molecule has 196 valence electrons. The van der Waals surface area contributed by atoms with Crippen molar-refractivity contribution in [2.45, 2.75) is 52.2 Å². The number of anilines is 1. The smallest absolute Gasteiger partial charge is 0.407 e. The van der Waals surface area contributed by atoms with Gasteiger partial charge in [-0.05, 0) is 76.9 Å².